The number of amidine groups is 1. The lowest BCUT2D eigenvalue weighted by Crippen LogP contribution is -2.50. The third kappa shape index (κ3) is 2.36. The van der Waals surface area contributed by atoms with Crippen LogP contribution in [0.3, 0.4) is 0 Å². The van der Waals surface area contributed by atoms with Crippen molar-refractivity contribution in [1.82, 2.24) is 10.3 Å². The SMILES string of the molecule is CSC1=NN2C(=c3ccccc3=N[C@@H]2c2ccc(C)s2)C(=O)N1. The van der Waals surface area contributed by atoms with Crippen LogP contribution in [0.1, 0.15) is 15.9 Å². The largest absolute Gasteiger partial charge is 0.298 e. The normalized spacial score (nSPS) is 19.5. The standard InChI is InChI=1S/C16H14N4OS2/c1-9-7-8-12(23-9)14-17-11-6-4-3-5-10(11)13-15(21)18-16(22-2)19-20(13)14/h3-8,14H,1-2H3,(H,18,19,21)/t14-/m0/s1. The van der Waals surface area contributed by atoms with Crippen molar-refractivity contribution in [2.24, 2.45) is 10.1 Å². The fraction of sp³-hybridized carbons (Fsp3) is 0.188. The molecule has 4 rings (SSSR count). The van der Waals surface area contributed by atoms with Crippen LogP contribution < -0.4 is 15.9 Å². The summed E-state index contributed by atoms with van der Waals surface area (Å²) in [6.07, 6.45) is 1.59. The van der Waals surface area contributed by atoms with Gasteiger partial charge in [-0.25, -0.2) is 5.01 Å². The number of hydrogen-bond acceptors (Lipinski definition) is 6. The molecular weight excluding hydrogens is 328 g/mol. The van der Waals surface area contributed by atoms with E-state index in [4.69, 9.17) is 4.99 Å². The van der Waals surface area contributed by atoms with Crippen LogP contribution in [0.5, 0.6) is 0 Å². The molecule has 7 heteroatoms. The molecule has 0 spiro atoms. The summed E-state index contributed by atoms with van der Waals surface area (Å²) in [6, 6.07) is 11.8. The lowest BCUT2D eigenvalue weighted by Gasteiger charge is -2.33. The molecule has 0 saturated heterocycles. The van der Waals surface area contributed by atoms with Crippen LogP contribution in [0.4, 0.5) is 0 Å². The summed E-state index contributed by atoms with van der Waals surface area (Å²) in [7, 11) is 0. The van der Waals surface area contributed by atoms with E-state index in [9.17, 15) is 4.79 Å². The summed E-state index contributed by atoms with van der Waals surface area (Å²) in [6.45, 7) is 2.06. The number of carbonyl (C=O) groups excluding carboxylic acids is 1. The van der Waals surface area contributed by atoms with Crippen LogP contribution >= 0.6 is 23.1 Å². The van der Waals surface area contributed by atoms with E-state index >= 15 is 0 Å². The average molecular weight is 342 g/mol. The Labute approximate surface area is 141 Å². The van der Waals surface area contributed by atoms with Gasteiger partial charge >= 0.3 is 0 Å². The van der Waals surface area contributed by atoms with Crippen LogP contribution in [0.15, 0.2) is 46.5 Å². The van der Waals surface area contributed by atoms with Crippen LogP contribution in [-0.4, -0.2) is 22.3 Å². The first-order chi connectivity index (χ1) is 11.2. The molecule has 0 bridgehead atoms. The summed E-state index contributed by atoms with van der Waals surface area (Å²) in [4.78, 5) is 19.7. The second-order valence-corrected chi connectivity index (χ2v) is 7.34. The molecule has 2 aromatic rings. The number of rotatable bonds is 1. The van der Waals surface area contributed by atoms with Gasteiger partial charge in [-0.3, -0.25) is 15.1 Å². The van der Waals surface area contributed by atoms with Gasteiger partial charge in [-0.2, -0.15) is 0 Å². The van der Waals surface area contributed by atoms with Gasteiger partial charge in [0.05, 0.1) is 10.2 Å². The second-order valence-electron chi connectivity index (χ2n) is 5.22. The highest BCUT2D eigenvalue weighted by molar-refractivity contribution is 8.13. The molecule has 1 aromatic heterocycles. The summed E-state index contributed by atoms with van der Waals surface area (Å²) in [5.74, 6) is -0.134. The minimum atomic E-state index is -0.299. The zero-order valence-electron chi connectivity index (χ0n) is 12.6. The van der Waals surface area contributed by atoms with Crippen molar-refractivity contribution in [2.45, 2.75) is 13.1 Å². The number of nitrogens with zero attached hydrogens (tertiary/aromatic N) is 3. The van der Waals surface area contributed by atoms with Crippen molar-refractivity contribution in [2.75, 3.05) is 6.26 Å². The summed E-state index contributed by atoms with van der Waals surface area (Å²) < 4.78 is 0. The first-order valence-electron chi connectivity index (χ1n) is 7.14. The highest BCUT2D eigenvalue weighted by atomic mass is 32.2. The Bertz CT molecular complexity index is 947. The third-order valence-corrected chi connectivity index (χ3v) is 5.34. The van der Waals surface area contributed by atoms with Crippen molar-refractivity contribution >= 4 is 39.9 Å². The van der Waals surface area contributed by atoms with Crippen molar-refractivity contribution in [3.8, 4) is 0 Å². The maximum Gasteiger partial charge on any atom is 0.276 e. The van der Waals surface area contributed by atoms with E-state index in [1.54, 1.807) is 16.3 Å². The summed E-state index contributed by atoms with van der Waals surface area (Å²) in [5, 5.41) is 11.4. The highest BCUT2D eigenvalue weighted by Crippen LogP contribution is 2.33. The molecule has 1 atom stereocenters. The van der Waals surface area contributed by atoms with Gasteiger partial charge in [-0.15, -0.1) is 16.4 Å². The molecule has 0 aliphatic carbocycles. The summed E-state index contributed by atoms with van der Waals surface area (Å²) >= 11 is 3.09. The molecule has 1 aromatic carbocycles. The van der Waals surface area contributed by atoms with Gasteiger partial charge in [0.1, 0.15) is 5.70 Å². The molecule has 0 fully saturated rings. The van der Waals surface area contributed by atoms with Gasteiger partial charge in [-0.05, 0) is 31.4 Å². The number of aryl methyl sites for hydroxylation is 1. The van der Waals surface area contributed by atoms with E-state index in [1.165, 1.54) is 16.6 Å². The Hall–Kier alpha value is -2.12. The number of thiophene rings is 1. The molecule has 116 valence electrons. The number of nitrogens with one attached hydrogen (secondary N) is 1. The summed E-state index contributed by atoms with van der Waals surface area (Å²) in [5.41, 5.74) is 0.560. The Balaban J connectivity index is 1.99. The number of thioether (sulfide) groups is 1. The number of fused-ring (bicyclic) bond motifs is 2. The minimum absolute atomic E-state index is 0.134. The predicted molar refractivity (Wildman–Crippen MR) is 93.4 cm³/mol. The smallest absolute Gasteiger partial charge is 0.276 e. The van der Waals surface area contributed by atoms with E-state index in [2.05, 4.69) is 29.5 Å². The second kappa shape index (κ2) is 5.50. The Morgan fingerprint density at radius 1 is 1.26 bits per heavy atom. The molecule has 2 aliphatic rings. The first kappa shape index (κ1) is 14.5. The Morgan fingerprint density at radius 2 is 2.09 bits per heavy atom. The number of carbonyl (C=O) groups is 1. The molecule has 0 radical (unpaired) electrons. The molecule has 0 saturated carbocycles. The van der Waals surface area contributed by atoms with E-state index in [0.29, 0.717) is 10.9 Å². The van der Waals surface area contributed by atoms with E-state index < -0.39 is 0 Å². The average Bonchev–Trinajstić information content (AvgIpc) is 2.99. The quantitative estimate of drug-likeness (QED) is 0.856. The van der Waals surface area contributed by atoms with E-state index in [1.807, 2.05) is 30.5 Å². The zero-order valence-corrected chi connectivity index (χ0v) is 14.2. The molecule has 1 amide bonds. The van der Waals surface area contributed by atoms with Crippen molar-refractivity contribution in [3.63, 3.8) is 0 Å². The lowest BCUT2D eigenvalue weighted by molar-refractivity contribution is -0.116. The predicted octanol–water partition coefficient (Wildman–Crippen LogP) is 1.56. The molecular formula is C16H14N4OS2. The molecule has 5 nitrogen and oxygen atoms in total. The van der Waals surface area contributed by atoms with Crippen LogP contribution in [0, 0.1) is 6.92 Å². The maximum atomic E-state index is 12.6. The molecule has 3 heterocycles. The van der Waals surface area contributed by atoms with Crippen molar-refractivity contribution in [1.29, 1.82) is 0 Å². The van der Waals surface area contributed by atoms with Crippen LogP contribution in [-0.2, 0) is 4.79 Å². The van der Waals surface area contributed by atoms with Crippen LogP contribution in [0.25, 0.3) is 5.70 Å². The fourth-order valence-electron chi connectivity index (χ4n) is 2.70. The Kier molecular flexibility index (Phi) is 3.46. The molecule has 0 unspecified atom stereocenters. The van der Waals surface area contributed by atoms with E-state index in [-0.39, 0.29) is 12.1 Å². The minimum Gasteiger partial charge on any atom is -0.298 e. The number of amides is 1. The van der Waals surface area contributed by atoms with Gasteiger partial charge in [0.2, 0.25) is 0 Å². The number of hydrazone groups is 1. The number of hydrogen-bond donors (Lipinski definition) is 1. The fourth-order valence-corrected chi connectivity index (χ4v) is 3.96. The Morgan fingerprint density at radius 3 is 2.83 bits per heavy atom. The first-order valence-corrected chi connectivity index (χ1v) is 9.18. The van der Waals surface area contributed by atoms with Gasteiger partial charge in [-0.1, -0.05) is 30.0 Å². The molecule has 2 aliphatic heterocycles. The topological polar surface area (TPSA) is 57.1 Å². The van der Waals surface area contributed by atoms with Gasteiger partial charge in [0.25, 0.3) is 5.91 Å². The van der Waals surface area contributed by atoms with Crippen molar-refractivity contribution in [3.05, 3.63) is 56.7 Å². The van der Waals surface area contributed by atoms with Gasteiger partial charge in [0.15, 0.2) is 11.3 Å². The molecule has 1 N–H and O–H groups in total. The van der Waals surface area contributed by atoms with E-state index in [0.717, 1.165) is 15.5 Å². The zero-order chi connectivity index (χ0) is 16.0. The monoisotopic (exact) mass is 342 g/mol. The number of benzene rings is 1. The third-order valence-electron chi connectivity index (χ3n) is 3.72. The van der Waals surface area contributed by atoms with Gasteiger partial charge < -0.3 is 0 Å². The molecule has 23 heavy (non-hydrogen) atoms. The van der Waals surface area contributed by atoms with Crippen LogP contribution in [0.2, 0.25) is 0 Å². The van der Waals surface area contributed by atoms with Crippen molar-refractivity contribution < 1.29 is 4.79 Å². The highest BCUT2D eigenvalue weighted by Gasteiger charge is 2.34. The maximum absolute atomic E-state index is 12.6. The number of para-hydroxylation sites is 1. The lowest BCUT2D eigenvalue weighted by atomic mass is 10.1. The van der Waals surface area contributed by atoms with Gasteiger partial charge in [0, 0.05) is 10.1 Å².